The van der Waals surface area contributed by atoms with E-state index in [1.807, 2.05) is 0 Å². The van der Waals surface area contributed by atoms with Crippen LogP contribution in [-0.4, -0.2) is 23.1 Å². The van der Waals surface area contributed by atoms with E-state index >= 15 is 0 Å². The van der Waals surface area contributed by atoms with Gasteiger partial charge in [-0.15, -0.1) is 0 Å². The number of hydrogen-bond donors (Lipinski definition) is 0. The summed E-state index contributed by atoms with van der Waals surface area (Å²) in [4.78, 5) is 2.31. The molecule has 3 heteroatoms. The van der Waals surface area contributed by atoms with Crippen molar-refractivity contribution < 1.29 is 0 Å². The van der Waals surface area contributed by atoms with Crippen LogP contribution in [-0.2, 0) is 0 Å². The molecule has 3 aromatic carbocycles. The first-order chi connectivity index (χ1) is 19.7. The van der Waals surface area contributed by atoms with E-state index in [0.29, 0.717) is 6.54 Å². The van der Waals surface area contributed by atoms with Gasteiger partial charge < -0.3 is 4.57 Å². The molecule has 0 amide bonds. The van der Waals surface area contributed by atoms with E-state index in [9.17, 15) is 5.26 Å². The Hall–Kier alpha value is -4.39. The second-order valence-corrected chi connectivity index (χ2v) is 11.2. The second kappa shape index (κ2) is 10.3. The minimum absolute atomic E-state index is 0.279. The Kier molecular flexibility index (Phi) is 6.34. The Morgan fingerprint density at radius 3 is 2.33 bits per heavy atom. The Balaban J connectivity index is 1.44. The third kappa shape index (κ3) is 4.26. The maximum absolute atomic E-state index is 9.40. The molecule has 0 saturated carbocycles. The Morgan fingerprint density at radius 2 is 1.62 bits per heavy atom. The first kappa shape index (κ1) is 24.6. The molecule has 2 heterocycles. The molecule has 1 unspecified atom stereocenters. The molecular formula is C37H33N3. The van der Waals surface area contributed by atoms with Gasteiger partial charge in [0.15, 0.2) is 0 Å². The fourth-order valence-electron chi connectivity index (χ4n) is 6.75. The van der Waals surface area contributed by atoms with Crippen molar-refractivity contribution in [3.63, 3.8) is 0 Å². The van der Waals surface area contributed by atoms with Gasteiger partial charge in [0.25, 0.3) is 0 Å². The lowest BCUT2D eigenvalue weighted by Gasteiger charge is -2.31. The zero-order valence-electron chi connectivity index (χ0n) is 23.0. The number of likely N-dealkylation sites (N-methyl/N-ethyl adjacent to an activating group) is 1. The van der Waals surface area contributed by atoms with E-state index in [0.717, 1.165) is 37.7 Å². The predicted octanol–water partition coefficient (Wildman–Crippen LogP) is 8.99. The average molecular weight is 520 g/mol. The highest BCUT2D eigenvalue weighted by Crippen LogP contribution is 2.42. The summed E-state index contributed by atoms with van der Waals surface area (Å²) in [7, 11) is 2.13. The standard InChI is InChI=1S/C37H33N3/c1-39-25-26(24-38)18-21-34(39)30-13-9-12-29(22-30)31-20-19-28(27-10-3-2-4-11-27)23-37(31)40-35-16-7-5-14-32(35)33-15-6-8-17-36(33)40/h3,5-18,22-23,34H,2,4,19-21,25H2,1H3. The zero-order chi connectivity index (χ0) is 27.1. The molecule has 1 aromatic heterocycles. The SMILES string of the molecule is CN1CC(C#N)=CCC1c1cccc(C2=C(n3c4ccccc4c4ccccc43)C=C(C3=CCCC=C3)CC2)c1. The molecule has 0 saturated heterocycles. The van der Waals surface area contributed by atoms with Crippen molar-refractivity contribution >= 4 is 33.1 Å². The fourth-order valence-corrected chi connectivity index (χ4v) is 6.75. The summed E-state index contributed by atoms with van der Waals surface area (Å²) in [6.45, 7) is 0.704. The van der Waals surface area contributed by atoms with E-state index in [4.69, 9.17) is 0 Å². The molecule has 3 nitrogen and oxygen atoms in total. The highest BCUT2D eigenvalue weighted by atomic mass is 15.1. The molecular weight excluding hydrogens is 486 g/mol. The van der Waals surface area contributed by atoms with Crippen molar-refractivity contribution in [1.82, 2.24) is 9.47 Å². The van der Waals surface area contributed by atoms with E-state index in [1.54, 1.807) is 0 Å². The van der Waals surface area contributed by atoms with Gasteiger partial charge in [-0.2, -0.15) is 5.26 Å². The molecule has 7 rings (SSSR count). The monoisotopic (exact) mass is 519 g/mol. The Morgan fingerprint density at radius 1 is 0.850 bits per heavy atom. The number of hydrogen-bond acceptors (Lipinski definition) is 2. The largest absolute Gasteiger partial charge is 0.309 e. The minimum atomic E-state index is 0.279. The summed E-state index contributed by atoms with van der Waals surface area (Å²) in [6, 6.07) is 29.4. The lowest BCUT2D eigenvalue weighted by Crippen LogP contribution is -2.29. The molecule has 3 aliphatic rings. The third-order valence-electron chi connectivity index (χ3n) is 8.75. The van der Waals surface area contributed by atoms with Gasteiger partial charge in [-0.1, -0.05) is 78.9 Å². The van der Waals surface area contributed by atoms with Crippen LogP contribution in [0.25, 0.3) is 33.1 Å². The summed E-state index contributed by atoms with van der Waals surface area (Å²) in [6.07, 6.45) is 16.7. The van der Waals surface area contributed by atoms with Crippen molar-refractivity contribution in [2.75, 3.05) is 13.6 Å². The number of para-hydroxylation sites is 2. The molecule has 4 aromatic rings. The van der Waals surface area contributed by atoms with Gasteiger partial charge in [-0.05, 0) is 91.3 Å². The quantitative estimate of drug-likeness (QED) is 0.269. The molecule has 40 heavy (non-hydrogen) atoms. The van der Waals surface area contributed by atoms with Gasteiger partial charge in [-0.25, -0.2) is 0 Å². The fraction of sp³-hybridized carbons (Fsp3) is 0.216. The molecule has 1 atom stereocenters. The number of benzene rings is 3. The van der Waals surface area contributed by atoms with E-state index < -0.39 is 0 Å². The smallest absolute Gasteiger partial charge is 0.0957 e. The van der Waals surface area contributed by atoms with Gasteiger partial charge in [0.05, 0.1) is 22.8 Å². The minimum Gasteiger partial charge on any atom is -0.309 e. The summed E-state index contributed by atoms with van der Waals surface area (Å²) in [5.74, 6) is 0. The first-order valence-corrected chi connectivity index (χ1v) is 14.4. The van der Waals surface area contributed by atoms with Crippen LogP contribution in [0, 0.1) is 11.3 Å². The lowest BCUT2D eigenvalue weighted by molar-refractivity contribution is 0.256. The molecule has 0 N–H and O–H groups in total. The van der Waals surface area contributed by atoms with Crippen molar-refractivity contribution in [2.45, 2.75) is 38.1 Å². The van der Waals surface area contributed by atoms with Gasteiger partial charge in [0, 0.05) is 28.9 Å². The van der Waals surface area contributed by atoms with E-state index in [-0.39, 0.29) is 6.04 Å². The normalized spacial score (nSPS) is 19.9. The maximum atomic E-state index is 9.40. The summed E-state index contributed by atoms with van der Waals surface area (Å²) in [5, 5.41) is 12.0. The number of aromatic nitrogens is 1. The number of nitrogens with zero attached hydrogens (tertiary/aromatic N) is 3. The highest BCUT2D eigenvalue weighted by Gasteiger charge is 2.25. The first-order valence-electron chi connectivity index (χ1n) is 14.4. The zero-order valence-corrected chi connectivity index (χ0v) is 23.0. The molecule has 0 radical (unpaired) electrons. The second-order valence-electron chi connectivity index (χ2n) is 11.2. The Labute approximate surface area is 236 Å². The van der Waals surface area contributed by atoms with Crippen LogP contribution in [0.3, 0.4) is 0 Å². The van der Waals surface area contributed by atoms with Crippen molar-refractivity contribution in [1.29, 1.82) is 5.26 Å². The summed E-state index contributed by atoms with van der Waals surface area (Å²) < 4.78 is 2.49. The van der Waals surface area contributed by atoms with Crippen LogP contribution < -0.4 is 0 Å². The Bertz CT molecular complexity index is 1780. The molecule has 0 spiro atoms. The molecule has 196 valence electrons. The highest BCUT2D eigenvalue weighted by molar-refractivity contribution is 6.12. The molecule has 0 bridgehead atoms. The van der Waals surface area contributed by atoms with Crippen LogP contribution in [0.2, 0.25) is 0 Å². The maximum Gasteiger partial charge on any atom is 0.0957 e. The van der Waals surface area contributed by atoms with Crippen LogP contribution in [0.1, 0.15) is 49.3 Å². The van der Waals surface area contributed by atoms with Gasteiger partial charge >= 0.3 is 0 Å². The van der Waals surface area contributed by atoms with Gasteiger partial charge in [-0.3, -0.25) is 4.90 Å². The van der Waals surface area contributed by atoms with E-state index in [2.05, 4.69) is 126 Å². The average Bonchev–Trinajstić information content (AvgIpc) is 3.35. The predicted molar refractivity (Wildman–Crippen MR) is 166 cm³/mol. The summed E-state index contributed by atoms with van der Waals surface area (Å²) in [5.41, 5.74) is 11.4. The van der Waals surface area contributed by atoms with Crippen molar-refractivity contribution in [3.8, 4) is 6.07 Å². The van der Waals surface area contributed by atoms with Crippen LogP contribution in [0.4, 0.5) is 0 Å². The lowest BCUT2D eigenvalue weighted by atomic mass is 9.85. The van der Waals surface area contributed by atoms with Gasteiger partial charge in [0.1, 0.15) is 0 Å². The molecule has 1 aliphatic heterocycles. The topological polar surface area (TPSA) is 32.0 Å². The van der Waals surface area contributed by atoms with Crippen LogP contribution in [0.5, 0.6) is 0 Å². The summed E-state index contributed by atoms with van der Waals surface area (Å²) >= 11 is 0. The number of allylic oxidation sites excluding steroid dienone is 8. The van der Waals surface area contributed by atoms with Gasteiger partial charge in [0.2, 0.25) is 0 Å². The third-order valence-corrected chi connectivity index (χ3v) is 8.75. The van der Waals surface area contributed by atoms with Crippen molar-refractivity contribution in [2.24, 2.45) is 0 Å². The number of rotatable bonds is 4. The molecule has 0 fully saturated rings. The van der Waals surface area contributed by atoms with E-state index in [1.165, 1.54) is 55.3 Å². The molecule has 2 aliphatic carbocycles. The van der Waals surface area contributed by atoms with Crippen LogP contribution in [0.15, 0.2) is 120 Å². The van der Waals surface area contributed by atoms with Crippen molar-refractivity contribution in [3.05, 3.63) is 131 Å². The number of nitriles is 1. The van der Waals surface area contributed by atoms with Crippen LogP contribution >= 0.6 is 0 Å². The number of fused-ring (bicyclic) bond motifs is 3.